The van der Waals surface area contributed by atoms with E-state index in [1.54, 1.807) is 13.1 Å². The van der Waals surface area contributed by atoms with E-state index in [0.717, 1.165) is 17.7 Å². The van der Waals surface area contributed by atoms with Crippen molar-refractivity contribution in [3.8, 4) is 10.7 Å². The normalized spacial score (nSPS) is 10.5. The molecular formula is C12H12N2O2S. The molecule has 0 aliphatic heterocycles. The molecule has 4 nitrogen and oxygen atoms in total. The molecule has 0 saturated heterocycles. The van der Waals surface area contributed by atoms with Gasteiger partial charge >= 0.3 is 5.97 Å². The summed E-state index contributed by atoms with van der Waals surface area (Å²) in [5, 5.41) is 9.65. The Kier molecular flexibility index (Phi) is 3.19. The van der Waals surface area contributed by atoms with Gasteiger partial charge in [0.1, 0.15) is 10.7 Å². The van der Waals surface area contributed by atoms with Gasteiger partial charge in [-0.2, -0.15) is 0 Å². The second kappa shape index (κ2) is 4.63. The van der Waals surface area contributed by atoms with E-state index in [4.69, 9.17) is 5.11 Å². The maximum absolute atomic E-state index is 10.9. The van der Waals surface area contributed by atoms with Crippen LogP contribution in [0.25, 0.3) is 10.7 Å². The molecule has 1 N–H and O–H groups in total. The molecule has 2 heterocycles. The topological polar surface area (TPSA) is 63.1 Å². The number of pyridine rings is 1. The molecule has 0 saturated carbocycles. The van der Waals surface area contributed by atoms with E-state index in [-0.39, 0.29) is 5.69 Å². The Balaban J connectivity index is 2.53. The van der Waals surface area contributed by atoms with Crippen molar-refractivity contribution >= 4 is 17.3 Å². The van der Waals surface area contributed by atoms with E-state index < -0.39 is 5.97 Å². The van der Waals surface area contributed by atoms with Crippen LogP contribution in [-0.4, -0.2) is 21.0 Å². The minimum Gasteiger partial charge on any atom is -0.476 e. The van der Waals surface area contributed by atoms with Crippen molar-refractivity contribution in [2.75, 3.05) is 0 Å². The third-order valence-corrected chi connectivity index (χ3v) is 3.45. The summed E-state index contributed by atoms with van der Waals surface area (Å²) < 4.78 is 0. The molecule has 2 rings (SSSR count). The van der Waals surface area contributed by atoms with Crippen LogP contribution >= 0.6 is 11.3 Å². The third-order valence-electron chi connectivity index (χ3n) is 2.47. The van der Waals surface area contributed by atoms with Gasteiger partial charge < -0.3 is 5.11 Å². The predicted molar refractivity (Wildman–Crippen MR) is 66.4 cm³/mol. The van der Waals surface area contributed by atoms with Gasteiger partial charge in [-0.15, -0.1) is 11.3 Å². The van der Waals surface area contributed by atoms with Gasteiger partial charge in [-0.25, -0.2) is 9.78 Å². The standard InChI is InChI=1S/C12H12N2O2S/c1-3-8-5-4-6-13-10(8)11-14-9(12(15)16)7(2)17-11/h4-6H,3H2,1-2H3,(H,15,16). The zero-order chi connectivity index (χ0) is 12.4. The van der Waals surface area contributed by atoms with E-state index in [1.807, 2.05) is 19.1 Å². The lowest BCUT2D eigenvalue weighted by molar-refractivity contribution is 0.0690. The average Bonchev–Trinajstić information content (AvgIpc) is 2.71. The van der Waals surface area contributed by atoms with Crippen LogP contribution in [0.4, 0.5) is 0 Å². The highest BCUT2D eigenvalue weighted by Gasteiger charge is 2.17. The summed E-state index contributed by atoms with van der Waals surface area (Å²) in [6, 6.07) is 3.86. The van der Waals surface area contributed by atoms with E-state index in [2.05, 4.69) is 9.97 Å². The first-order valence-corrected chi connectivity index (χ1v) is 6.10. The molecule has 88 valence electrons. The van der Waals surface area contributed by atoms with Crippen molar-refractivity contribution in [1.29, 1.82) is 0 Å². The second-order valence-electron chi connectivity index (χ2n) is 3.59. The summed E-state index contributed by atoms with van der Waals surface area (Å²) in [6.07, 6.45) is 2.55. The Morgan fingerprint density at radius 3 is 2.88 bits per heavy atom. The van der Waals surface area contributed by atoms with Crippen LogP contribution in [0.15, 0.2) is 18.3 Å². The Morgan fingerprint density at radius 1 is 1.53 bits per heavy atom. The molecule has 0 aliphatic rings. The van der Waals surface area contributed by atoms with Crippen molar-refractivity contribution in [3.05, 3.63) is 34.5 Å². The molecule has 0 unspecified atom stereocenters. The summed E-state index contributed by atoms with van der Waals surface area (Å²) in [5.41, 5.74) is 1.99. The second-order valence-corrected chi connectivity index (χ2v) is 4.80. The minimum absolute atomic E-state index is 0.123. The number of nitrogens with zero attached hydrogens (tertiary/aromatic N) is 2. The SMILES string of the molecule is CCc1cccnc1-c1nc(C(=O)O)c(C)s1. The van der Waals surface area contributed by atoms with Crippen molar-refractivity contribution < 1.29 is 9.90 Å². The maximum Gasteiger partial charge on any atom is 0.355 e. The molecule has 2 aromatic rings. The van der Waals surface area contributed by atoms with Crippen molar-refractivity contribution in [3.63, 3.8) is 0 Å². The molecule has 17 heavy (non-hydrogen) atoms. The molecule has 0 atom stereocenters. The molecule has 0 fully saturated rings. The van der Waals surface area contributed by atoms with Crippen LogP contribution in [-0.2, 0) is 6.42 Å². The Morgan fingerprint density at radius 2 is 2.29 bits per heavy atom. The van der Waals surface area contributed by atoms with Crippen LogP contribution < -0.4 is 0 Å². The fraction of sp³-hybridized carbons (Fsp3) is 0.250. The summed E-state index contributed by atoms with van der Waals surface area (Å²) >= 11 is 1.37. The van der Waals surface area contributed by atoms with Crippen LogP contribution in [0.5, 0.6) is 0 Å². The highest BCUT2D eigenvalue weighted by atomic mass is 32.1. The van der Waals surface area contributed by atoms with Crippen LogP contribution in [0.3, 0.4) is 0 Å². The number of hydrogen-bond acceptors (Lipinski definition) is 4. The monoisotopic (exact) mass is 248 g/mol. The van der Waals surface area contributed by atoms with E-state index in [1.165, 1.54) is 11.3 Å². The molecule has 0 aliphatic carbocycles. The highest BCUT2D eigenvalue weighted by molar-refractivity contribution is 7.15. The fourth-order valence-electron chi connectivity index (χ4n) is 1.61. The number of aromatic nitrogens is 2. The number of rotatable bonds is 3. The molecule has 5 heteroatoms. The molecule has 0 spiro atoms. The van der Waals surface area contributed by atoms with E-state index >= 15 is 0 Å². The maximum atomic E-state index is 10.9. The first-order valence-electron chi connectivity index (χ1n) is 5.28. The minimum atomic E-state index is -0.987. The molecule has 0 amide bonds. The first-order chi connectivity index (χ1) is 8.13. The largest absolute Gasteiger partial charge is 0.476 e. The van der Waals surface area contributed by atoms with Gasteiger partial charge in [0, 0.05) is 11.1 Å². The Hall–Kier alpha value is -1.75. The lowest BCUT2D eigenvalue weighted by Gasteiger charge is -2.01. The highest BCUT2D eigenvalue weighted by Crippen LogP contribution is 2.28. The molecule has 0 radical (unpaired) electrons. The summed E-state index contributed by atoms with van der Waals surface area (Å²) in [6.45, 7) is 3.80. The fourth-order valence-corrected chi connectivity index (χ4v) is 2.55. The van der Waals surface area contributed by atoms with Gasteiger partial charge in [0.15, 0.2) is 5.69 Å². The quantitative estimate of drug-likeness (QED) is 0.907. The third kappa shape index (κ3) is 2.19. The zero-order valence-electron chi connectivity index (χ0n) is 9.60. The average molecular weight is 248 g/mol. The Bertz CT molecular complexity index is 563. The van der Waals surface area contributed by atoms with Crippen molar-refractivity contribution in [1.82, 2.24) is 9.97 Å². The summed E-state index contributed by atoms with van der Waals surface area (Å²) in [5.74, 6) is -0.987. The number of carboxylic acid groups (broad SMARTS) is 1. The molecule has 2 aromatic heterocycles. The van der Waals surface area contributed by atoms with E-state index in [9.17, 15) is 4.79 Å². The molecular weight excluding hydrogens is 236 g/mol. The Labute approximate surface area is 103 Å². The lowest BCUT2D eigenvalue weighted by Crippen LogP contribution is -1.99. The predicted octanol–water partition coefficient (Wildman–Crippen LogP) is 2.77. The van der Waals surface area contributed by atoms with Crippen molar-refractivity contribution in [2.24, 2.45) is 0 Å². The van der Waals surface area contributed by atoms with Crippen molar-refractivity contribution in [2.45, 2.75) is 20.3 Å². The smallest absolute Gasteiger partial charge is 0.355 e. The van der Waals surface area contributed by atoms with Crippen LogP contribution in [0.2, 0.25) is 0 Å². The van der Waals surface area contributed by atoms with Gasteiger partial charge in [0.25, 0.3) is 0 Å². The van der Waals surface area contributed by atoms with Crippen LogP contribution in [0.1, 0.15) is 27.9 Å². The van der Waals surface area contributed by atoms with Gasteiger partial charge in [0.05, 0.1) is 0 Å². The number of aryl methyl sites for hydroxylation is 2. The lowest BCUT2D eigenvalue weighted by atomic mass is 10.1. The van der Waals surface area contributed by atoms with E-state index in [0.29, 0.717) is 9.88 Å². The number of thiazole rings is 1. The molecule has 0 aromatic carbocycles. The van der Waals surface area contributed by atoms with Gasteiger partial charge in [-0.05, 0) is 25.0 Å². The zero-order valence-corrected chi connectivity index (χ0v) is 10.4. The summed E-state index contributed by atoms with van der Waals surface area (Å²) in [4.78, 5) is 20.1. The number of aromatic carboxylic acids is 1. The van der Waals surface area contributed by atoms with Gasteiger partial charge in [-0.1, -0.05) is 13.0 Å². The van der Waals surface area contributed by atoms with Crippen LogP contribution in [0, 0.1) is 6.92 Å². The number of carboxylic acids is 1. The van der Waals surface area contributed by atoms with Gasteiger partial charge in [0.2, 0.25) is 0 Å². The number of hydrogen-bond donors (Lipinski definition) is 1. The molecule has 0 bridgehead atoms. The summed E-state index contributed by atoms with van der Waals surface area (Å²) in [7, 11) is 0. The first kappa shape index (κ1) is 11.7. The van der Waals surface area contributed by atoms with Gasteiger partial charge in [-0.3, -0.25) is 4.98 Å². The number of carbonyl (C=O) groups is 1.